The topological polar surface area (TPSA) is 59.5 Å². The van der Waals surface area contributed by atoms with E-state index >= 15 is 0 Å². The number of ether oxygens (including phenoxy) is 1. The second-order valence-corrected chi connectivity index (χ2v) is 7.76. The van der Waals surface area contributed by atoms with Crippen molar-refractivity contribution < 1.29 is 13.2 Å². The summed E-state index contributed by atoms with van der Waals surface area (Å²) < 4.78 is 30.5. The van der Waals surface area contributed by atoms with E-state index in [1.807, 2.05) is 0 Å². The zero-order valence-corrected chi connectivity index (χ0v) is 12.7. The van der Waals surface area contributed by atoms with Crippen molar-refractivity contribution in [2.75, 3.05) is 26.5 Å². The van der Waals surface area contributed by atoms with Crippen LogP contribution in [0.1, 0.15) is 12.8 Å². The van der Waals surface area contributed by atoms with Crippen molar-refractivity contribution in [1.82, 2.24) is 9.29 Å². The molecule has 1 aliphatic rings. The van der Waals surface area contributed by atoms with Crippen molar-refractivity contribution in [2.45, 2.75) is 28.9 Å². The van der Waals surface area contributed by atoms with Crippen molar-refractivity contribution in [1.29, 1.82) is 0 Å². The minimum atomic E-state index is -3.39. The zero-order valence-electron chi connectivity index (χ0n) is 11.1. The standard InChI is InChI=1S/C12H18N2O3S2/c1-14(2)19(15,16)11-5-6-12(13-8-11)18-9-10-4-3-7-17-10/h5-6,8,10H,3-4,7,9H2,1-2H3/t10-/m1/s1. The molecule has 1 aromatic rings. The molecule has 0 saturated carbocycles. The molecular formula is C12H18N2O3S2. The SMILES string of the molecule is CN(C)S(=O)(=O)c1ccc(SC[C@H]2CCCO2)nc1. The fraction of sp³-hybridized carbons (Fsp3) is 0.583. The lowest BCUT2D eigenvalue weighted by atomic mass is 10.3. The van der Waals surface area contributed by atoms with Gasteiger partial charge in [-0.2, -0.15) is 0 Å². The highest BCUT2D eigenvalue weighted by molar-refractivity contribution is 7.99. The first kappa shape index (κ1) is 14.8. The molecule has 1 fully saturated rings. The number of aromatic nitrogens is 1. The lowest BCUT2D eigenvalue weighted by Gasteiger charge is -2.11. The Morgan fingerprint density at radius 2 is 2.26 bits per heavy atom. The van der Waals surface area contributed by atoms with E-state index in [2.05, 4.69) is 4.98 Å². The summed E-state index contributed by atoms with van der Waals surface area (Å²) in [5.41, 5.74) is 0. The van der Waals surface area contributed by atoms with Gasteiger partial charge in [-0.3, -0.25) is 0 Å². The molecule has 0 bridgehead atoms. The molecule has 2 heterocycles. The normalized spacial score (nSPS) is 20.1. The van der Waals surface area contributed by atoms with Gasteiger partial charge in [0.05, 0.1) is 11.1 Å². The van der Waals surface area contributed by atoms with Crippen LogP contribution in [0.15, 0.2) is 28.3 Å². The van der Waals surface area contributed by atoms with Crippen LogP contribution in [0.5, 0.6) is 0 Å². The van der Waals surface area contributed by atoms with Crippen LogP contribution in [0.2, 0.25) is 0 Å². The molecular weight excluding hydrogens is 284 g/mol. The molecule has 1 atom stereocenters. The van der Waals surface area contributed by atoms with Crippen molar-refractivity contribution >= 4 is 21.8 Å². The highest BCUT2D eigenvalue weighted by Crippen LogP contribution is 2.23. The molecule has 19 heavy (non-hydrogen) atoms. The Hall–Kier alpha value is -0.630. The number of thioether (sulfide) groups is 1. The maximum atomic E-state index is 11.9. The van der Waals surface area contributed by atoms with Gasteiger partial charge in [0.1, 0.15) is 4.90 Å². The Balaban J connectivity index is 1.98. The van der Waals surface area contributed by atoms with Crippen LogP contribution in [-0.4, -0.2) is 50.3 Å². The van der Waals surface area contributed by atoms with Crippen LogP contribution < -0.4 is 0 Å². The van der Waals surface area contributed by atoms with Gasteiger partial charge in [0, 0.05) is 32.7 Å². The maximum absolute atomic E-state index is 11.9. The summed E-state index contributed by atoms with van der Waals surface area (Å²) in [5.74, 6) is 0.868. The van der Waals surface area contributed by atoms with Gasteiger partial charge in [-0.05, 0) is 25.0 Å². The first-order valence-electron chi connectivity index (χ1n) is 6.13. The van der Waals surface area contributed by atoms with Crippen LogP contribution >= 0.6 is 11.8 Å². The fourth-order valence-corrected chi connectivity index (χ4v) is 3.53. The van der Waals surface area contributed by atoms with Crippen molar-refractivity contribution in [3.05, 3.63) is 18.3 Å². The first-order chi connectivity index (χ1) is 9.00. The van der Waals surface area contributed by atoms with Crippen LogP contribution in [0, 0.1) is 0 Å². The van der Waals surface area contributed by atoms with E-state index in [1.54, 1.807) is 23.9 Å². The maximum Gasteiger partial charge on any atom is 0.244 e. The fourth-order valence-electron chi connectivity index (χ4n) is 1.77. The average molecular weight is 302 g/mol. The summed E-state index contributed by atoms with van der Waals surface area (Å²) in [5, 5.41) is 0.827. The van der Waals surface area contributed by atoms with E-state index in [0.717, 1.165) is 30.2 Å². The van der Waals surface area contributed by atoms with Crippen LogP contribution in [-0.2, 0) is 14.8 Å². The number of hydrogen-bond donors (Lipinski definition) is 0. The van der Waals surface area contributed by atoms with Crippen LogP contribution in [0.25, 0.3) is 0 Å². The summed E-state index contributed by atoms with van der Waals surface area (Å²) in [6.07, 6.45) is 3.93. The molecule has 7 heteroatoms. The van der Waals surface area contributed by atoms with E-state index in [-0.39, 0.29) is 4.90 Å². The zero-order chi connectivity index (χ0) is 13.9. The highest BCUT2D eigenvalue weighted by Gasteiger charge is 2.18. The van der Waals surface area contributed by atoms with E-state index in [1.165, 1.54) is 24.6 Å². The van der Waals surface area contributed by atoms with Gasteiger partial charge in [0.15, 0.2) is 0 Å². The van der Waals surface area contributed by atoms with Crippen LogP contribution in [0.4, 0.5) is 0 Å². The number of nitrogens with zero attached hydrogens (tertiary/aromatic N) is 2. The Morgan fingerprint density at radius 3 is 2.79 bits per heavy atom. The third kappa shape index (κ3) is 3.68. The molecule has 1 aromatic heterocycles. The molecule has 0 spiro atoms. The highest BCUT2D eigenvalue weighted by atomic mass is 32.2. The summed E-state index contributed by atoms with van der Waals surface area (Å²) in [6, 6.07) is 3.34. The van der Waals surface area contributed by atoms with Crippen LogP contribution in [0.3, 0.4) is 0 Å². The second-order valence-electron chi connectivity index (χ2n) is 4.57. The minimum absolute atomic E-state index is 0.221. The average Bonchev–Trinajstić information content (AvgIpc) is 2.90. The Morgan fingerprint density at radius 1 is 1.47 bits per heavy atom. The Bertz CT molecular complexity index is 508. The van der Waals surface area contributed by atoms with E-state index in [9.17, 15) is 8.42 Å². The first-order valence-corrected chi connectivity index (χ1v) is 8.55. The molecule has 0 aromatic carbocycles. The molecule has 0 N–H and O–H groups in total. The van der Waals surface area contributed by atoms with Gasteiger partial charge in [-0.15, -0.1) is 11.8 Å². The van der Waals surface area contributed by atoms with E-state index in [4.69, 9.17) is 4.74 Å². The molecule has 106 valence electrons. The van der Waals surface area contributed by atoms with E-state index in [0.29, 0.717) is 6.10 Å². The predicted octanol–water partition coefficient (Wildman–Crippen LogP) is 1.60. The second kappa shape index (κ2) is 6.21. The van der Waals surface area contributed by atoms with Crippen molar-refractivity contribution in [2.24, 2.45) is 0 Å². The van der Waals surface area contributed by atoms with Gasteiger partial charge in [-0.25, -0.2) is 17.7 Å². The molecule has 0 unspecified atom stereocenters. The third-order valence-electron chi connectivity index (χ3n) is 2.93. The Labute approximate surface area is 118 Å². The van der Waals surface area contributed by atoms with Gasteiger partial charge in [0.25, 0.3) is 0 Å². The molecule has 5 nitrogen and oxygen atoms in total. The number of hydrogen-bond acceptors (Lipinski definition) is 5. The predicted molar refractivity (Wildman–Crippen MR) is 74.8 cm³/mol. The van der Waals surface area contributed by atoms with Gasteiger partial charge >= 0.3 is 0 Å². The number of sulfonamides is 1. The molecule has 1 aliphatic heterocycles. The number of pyridine rings is 1. The van der Waals surface area contributed by atoms with Crippen molar-refractivity contribution in [3.63, 3.8) is 0 Å². The van der Waals surface area contributed by atoms with Gasteiger partial charge in [-0.1, -0.05) is 0 Å². The summed E-state index contributed by atoms with van der Waals surface area (Å²) >= 11 is 1.60. The largest absolute Gasteiger partial charge is 0.377 e. The smallest absolute Gasteiger partial charge is 0.244 e. The van der Waals surface area contributed by atoms with Gasteiger partial charge in [0.2, 0.25) is 10.0 Å². The summed E-state index contributed by atoms with van der Waals surface area (Å²) in [6.45, 7) is 0.846. The molecule has 1 saturated heterocycles. The summed E-state index contributed by atoms with van der Waals surface area (Å²) in [4.78, 5) is 4.41. The monoisotopic (exact) mass is 302 g/mol. The lowest BCUT2D eigenvalue weighted by molar-refractivity contribution is 0.129. The third-order valence-corrected chi connectivity index (χ3v) is 5.80. The lowest BCUT2D eigenvalue weighted by Crippen LogP contribution is -2.22. The quantitative estimate of drug-likeness (QED) is 0.773. The van der Waals surface area contributed by atoms with E-state index < -0.39 is 10.0 Å². The summed E-state index contributed by atoms with van der Waals surface area (Å²) in [7, 11) is -0.369. The Kier molecular flexibility index (Phi) is 4.83. The minimum Gasteiger partial charge on any atom is -0.377 e. The molecule has 0 amide bonds. The van der Waals surface area contributed by atoms with Gasteiger partial charge < -0.3 is 4.74 Å². The van der Waals surface area contributed by atoms with Crippen molar-refractivity contribution in [3.8, 4) is 0 Å². The molecule has 0 aliphatic carbocycles. The molecule has 0 radical (unpaired) electrons. The molecule has 2 rings (SSSR count). The number of rotatable bonds is 5.